The molecule has 0 aliphatic rings. The number of hydrogen-bond donors (Lipinski definition) is 9. The van der Waals surface area contributed by atoms with Gasteiger partial charge < -0.3 is 48.7 Å². The molecule has 35 heavy (non-hydrogen) atoms. The Morgan fingerprint density at radius 1 is 0.886 bits per heavy atom. The van der Waals surface area contributed by atoms with E-state index in [4.69, 9.17) is 22.3 Å². The maximum atomic E-state index is 12.4. The second-order valence-electron chi connectivity index (χ2n) is 7.78. The largest absolute Gasteiger partial charge is 0.481 e. The van der Waals surface area contributed by atoms with E-state index < -0.39 is 72.6 Å². The first-order valence-corrected chi connectivity index (χ1v) is 10.6. The molecule has 0 aliphatic heterocycles. The van der Waals surface area contributed by atoms with Gasteiger partial charge in [0.15, 0.2) is 5.96 Å². The molecule has 0 bridgehead atoms. The highest BCUT2D eigenvalue weighted by atomic mass is 16.4. The molecule has 0 fully saturated rings. The summed E-state index contributed by atoms with van der Waals surface area (Å²) in [4.78, 5) is 74.9. The van der Waals surface area contributed by atoms with Crippen molar-refractivity contribution in [3.8, 4) is 0 Å². The Kier molecular flexibility index (Phi) is 14.0. The molecule has 16 nitrogen and oxygen atoms in total. The van der Waals surface area contributed by atoms with Crippen molar-refractivity contribution in [1.29, 1.82) is 0 Å². The molecule has 0 saturated heterocycles. The van der Waals surface area contributed by atoms with E-state index in [0.29, 0.717) is 6.42 Å². The topological polar surface area (TPSA) is 281 Å². The van der Waals surface area contributed by atoms with Crippen LogP contribution in [0.5, 0.6) is 0 Å². The van der Waals surface area contributed by atoms with Gasteiger partial charge in [0, 0.05) is 6.54 Å². The van der Waals surface area contributed by atoms with Crippen molar-refractivity contribution < 1.29 is 39.0 Å². The highest BCUT2D eigenvalue weighted by Crippen LogP contribution is 2.04. The van der Waals surface area contributed by atoms with Gasteiger partial charge in [0.25, 0.3) is 0 Å². The number of aliphatic imine (C=N–C) groups is 1. The van der Waals surface area contributed by atoms with Crippen molar-refractivity contribution in [3.63, 3.8) is 0 Å². The molecule has 3 atom stereocenters. The fourth-order valence-electron chi connectivity index (χ4n) is 2.71. The zero-order valence-corrected chi connectivity index (χ0v) is 19.6. The Labute approximate surface area is 201 Å². The van der Waals surface area contributed by atoms with E-state index in [-0.39, 0.29) is 25.5 Å². The average molecular weight is 503 g/mol. The summed E-state index contributed by atoms with van der Waals surface area (Å²) in [7, 11) is 0. The third-order valence-corrected chi connectivity index (χ3v) is 4.47. The van der Waals surface area contributed by atoms with Crippen LogP contribution in [0.15, 0.2) is 4.99 Å². The van der Waals surface area contributed by atoms with Gasteiger partial charge in [-0.15, -0.1) is 0 Å². The van der Waals surface area contributed by atoms with Gasteiger partial charge in [-0.3, -0.25) is 29.0 Å². The number of guanidine groups is 1. The molecular formula is C19H34N8O8. The van der Waals surface area contributed by atoms with E-state index in [1.807, 2.05) is 0 Å². The highest BCUT2D eigenvalue weighted by molar-refractivity contribution is 5.95. The number of nitrogens with zero attached hydrogens (tertiary/aromatic N) is 1. The molecule has 12 N–H and O–H groups in total. The summed E-state index contributed by atoms with van der Waals surface area (Å²) in [5.41, 5.74) is 15.7. The van der Waals surface area contributed by atoms with Gasteiger partial charge in [-0.05, 0) is 18.8 Å². The minimum Gasteiger partial charge on any atom is -0.481 e. The third kappa shape index (κ3) is 13.4. The number of carboxylic acids is 2. The Morgan fingerprint density at radius 3 is 1.97 bits per heavy atom. The van der Waals surface area contributed by atoms with Crippen molar-refractivity contribution in [1.82, 2.24) is 21.3 Å². The molecule has 198 valence electrons. The van der Waals surface area contributed by atoms with Gasteiger partial charge in [0.05, 0.1) is 19.5 Å². The van der Waals surface area contributed by atoms with E-state index >= 15 is 0 Å². The van der Waals surface area contributed by atoms with E-state index in [9.17, 15) is 33.9 Å². The predicted molar refractivity (Wildman–Crippen MR) is 122 cm³/mol. The lowest BCUT2D eigenvalue weighted by Gasteiger charge is -2.22. The van der Waals surface area contributed by atoms with Crippen molar-refractivity contribution in [2.75, 3.05) is 19.6 Å². The SMILES string of the molecule is CC(C)[C@H](NC(=O)[C@H](CC(=O)O)NC(=O)CNC(=O)[C@H](CCCN=C(N)N)NC(=O)CN)C(=O)O. The van der Waals surface area contributed by atoms with Crippen LogP contribution in [-0.4, -0.2) is 89.5 Å². The smallest absolute Gasteiger partial charge is 0.326 e. The maximum Gasteiger partial charge on any atom is 0.326 e. The van der Waals surface area contributed by atoms with Crippen molar-refractivity contribution in [2.24, 2.45) is 28.1 Å². The van der Waals surface area contributed by atoms with Crippen molar-refractivity contribution >= 4 is 41.5 Å². The number of rotatable bonds is 16. The standard InChI is InChI=1S/C19H34N8O8/c1-9(2)15(18(34)35)27-17(33)11(6-14(30)31)26-13(29)8-24-16(32)10(25-12(28)7-20)4-3-5-23-19(21)22/h9-11,15H,3-8,20H2,1-2H3,(H,24,32)(H,25,28)(H,26,29)(H,27,33)(H,30,31)(H,34,35)(H4,21,22,23)/t10-,11-,15-/m0/s1. The molecule has 0 aromatic heterocycles. The van der Waals surface area contributed by atoms with E-state index in [1.165, 1.54) is 13.8 Å². The minimum atomic E-state index is -1.59. The summed E-state index contributed by atoms with van der Waals surface area (Å²) < 4.78 is 0. The normalized spacial score (nSPS) is 13.0. The van der Waals surface area contributed by atoms with Crippen LogP contribution < -0.4 is 38.5 Å². The molecule has 0 unspecified atom stereocenters. The Hall–Kier alpha value is -3.95. The van der Waals surface area contributed by atoms with E-state index in [1.54, 1.807) is 0 Å². The summed E-state index contributed by atoms with van der Waals surface area (Å²) in [5.74, 6) is -6.69. The zero-order valence-electron chi connectivity index (χ0n) is 19.6. The predicted octanol–water partition coefficient (Wildman–Crippen LogP) is -4.22. The van der Waals surface area contributed by atoms with E-state index in [0.717, 1.165) is 0 Å². The van der Waals surface area contributed by atoms with Crippen LogP contribution in [0.25, 0.3) is 0 Å². The third-order valence-electron chi connectivity index (χ3n) is 4.47. The summed E-state index contributed by atoms with van der Waals surface area (Å²) in [6, 6.07) is -3.96. The number of nitrogens with two attached hydrogens (primary N) is 3. The second-order valence-corrected chi connectivity index (χ2v) is 7.78. The minimum absolute atomic E-state index is 0.117. The Bertz CT molecular complexity index is 813. The lowest BCUT2D eigenvalue weighted by Crippen LogP contribution is -2.55. The number of nitrogens with one attached hydrogen (secondary N) is 4. The van der Waals surface area contributed by atoms with Gasteiger partial charge in [-0.25, -0.2) is 4.79 Å². The Balaban J connectivity index is 5.12. The first-order valence-electron chi connectivity index (χ1n) is 10.6. The summed E-state index contributed by atoms with van der Waals surface area (Å²) in [6.07, 6.45) is -0.393. The van der Waals surface area contributed by atoms with Crippen molar-refractivity contribution in [3.05, 3.63) is 0 Å². The summed E-state index contributed by atoms with van der Waals surface area (Å²) in [6.45, 7) is 2.23. The van der Waals surface area contributed by atoms with Gasteiger partial charge in [-0.2, -0.15) is 0 Å². The molecular weight excluding hydrogens is 468 g/mol. The average Bonchev–Trinajstić information content (AvgIpc) is 2.75. The number of hydrogen-bond acceptors (Lipinski definition) is 8. The molecule has 4 amide bonds. The van der Waals surface area contributed by atoms with Gasteiger partial charge in [0.1, 0.15) is 18.1 Å². The van der Waals surface area contributed by atoms with Crippen LogP contribution >= 0.6 is 0 Å². The molecule has 0 spiro atoms. The molecule has 0 aromatic rings. The van der Waals surface area contributed by atoms with Crippen LogP contribution in [0.2, 0.25) is 0 Å². The van der Waals surface area contributed by atoms with Gasteiger partial charge in [-0.1, -0.05) is 13.8 Å². The number of carboxylic acid groups (broad SMARTS) is 2. The van der Waals surface area contributed by atoms with Crippen LogP contribution in [0, 0.1) is 5.92 Å². The lowest BCUT2D eigenvalue weighted by atomic mass is 10.0. The maximum absolute atomic E-state index is 12.4. The molecule has 0 saturated carbocycles. The van der Waals surface area contributed by atoms with E-state index in [2.05, 4.69) is 26.3 Å². The summed E-state index contributed by atoms with van der Waals surface area (Å²) >= 11 is 0. The zero-order chi connectivity index (χ0) is 27.1. The summed E-state index contributed by atoms with van der Waals surface area (Å²) in [5, 5.41) is 27.2. The fourth-order valence-corrected chi connectivity index (χ4v) is 2.71. The first kappa shape index (κ1) is 31.0. The first-order chi connectivity index (χ1) is 16.3. The monoisotopic (exact) mass is 502 g/mol. The number of amides is 4. The lowest BCUT2D eigenvalue weighted by molar-refractivity contribution is -0.144. The Morgan fingerprint density at radius 2 is 1.49 bits per heavy atom. The van der Waals surface area contributed by atoms with Crippen LogP contribution in [-0.2, 0) is 28.8 Å². The second kappa shape index (κ2) is 15.8. The molecule has 0 rings (SSSR count). The molecule has 0 radical (unpaired) electrons. The molecule has 0 aliphatic carbocycles. The molecule has 16 heteroatoms. The van der Waals surface area contributed by atoms with Gasteiger partial charge >= 0.3 is 11.9 Å². The number of carbonyl (C=O) groups is 6. The molecule has 0 aromatic carbocycles. The number of aliphatic carboxylic acids is 2. The molecule has 0 heterocycles. The highest BCUT2D eigenvalue weighted by Gasteiger charge is 2.30. The van der Waals surface area contributed by atoms with Crippen LogP contribution in [0.1, 0.15) is 33.1 Å². The van der Waals surface area contributed by atoms with Crippen LogP contribution in [0.3, 0.4) is 0 Å². The number of carbonyl (C=O) groups excluding carboxylic acids is 4. The van der Waals surface area contributed by atoms with Gasteiger partial charge in [0.2, 0.25) is 23.6 Å². The van der Waals surface area contributed by atoms with Crippen molar-refractivity contribution in [2.45, 2.75) is 51.2 Å². The fraction of sp³-hybridized carbons (Fsp3) is 0.632. The van der Waals surface area contributed by atoms with Crippen LogP contribution in [0.4, 0.5) is 0 Å². The quantitative estimate of drug-likeness (QED) is 0.0553.